The zero-order chi connectivity index (χ0) is 12.5. The number of hydrogen-bond donors (Lipinski definition) is 1. The molecule has 3 nitrogen and oxygen atoms in total. The van der Waals surface area contributed by atoms with E-state index < -0.39 is 15.1 Å². The lowest BCUT2D eigenvalue weighted by Gasteiger charge is -2.36. The van der Waals surface area contributed by atoms with Crippen LogP contribution in [0.25, 0.3) is 0 Å². The van der Waals surface area contributed by atoms with E-state index in [2.05, 4.69) is 13.8 Å². The maximum Gasteiger partial charge on any atom is 0.151 e. The van der Waals surface area contributed by atoms with E-state index in [1.807, 2.05) is 0 Å². The molecular weight excluding hydrogens is 222 g/mol. The highest BCUT2D eigenvalue weighted by Gasteiger charge is 2.34. The average molecular weight is 247 g/mol. The molecule has 0 aromatic heterocycles. The minimum Gasteiger partial charge on any atom is -0.326 e. The molecule has 0 heterocycles. The zero-order valence-electron chi connectivity index (χ0n) is 10.8. The van der Waals surface area contributed by atoms with Crippen molar-refractivity contribution in [3.8, 4) is 0 Å². The van der Waals surface area contributed by atoms with Crippen LogP contribution in [0.1, 0.15) is 40.0 Å². The fourth-order valence-corrected chi connectivity index (χ4v) is 3.40. The minimum atomic E-state index is -3.01. The van der Waals surface area contributed by atoms with E-state index in [0.29, 0.717) is 11.8 Å². The van der Waals surface area contributed by atoms with Crippen molar-refractivity contribution in [3.05, 3.63) is 0 Å². The Morgan fingerprint density at radius 1 is 1.19 bits per heavy atom. The molecule has 4 heteroatoms. The summed E-state index contributed by atoms with van der Waals surface area (Å²) in [5.41, 5.74) is 6.11. The predicted octanol–water partition coefficient (Wildman–Crippen LogP) is 1.82. The molecule has 5 atom stereocenters. The highest BCUT2D eigenvalue weighted by atomic mass is 32.2. The second-order valence-electron chi connectivity index (χ2n) is 5.64. The molecule has 96 valence electrons. The van der Waals surface area contributed by atoms with E-state index in [-0.39, 0.29) is 6.04 Å². The third-order valence-electron chi connectivity index (χ3n) is 4.40. The van der Waals surface area contributed by atoms with Crippen LogP contribution in [0.4, 0.5) is 0 Å². The molecule has 16 heavy (non-hydrogen) atoms. The Morgan fingerprint density at radius 3 is 2.19 bits per heavy atom. The summed E-state index contributed by atoms with van der Waals surface area (Å²) in [7, 11) is -3.01. The molecule has 1 fully saturated rings. The molecule has 1 rings (SSSR count). The quantitative estimate of drug-likeness (QED) is 0.827. The van der Waals surface area contributed by atoms with E-state index in [1.165, 1.54) is 12.7 Å². The summed E-state index contributed by atoms with van der Waals surface area (Å²) in [6.45, 7) is 6.25. The highest BCUT2D eigenvalue weighted by Crippen LogP contribution is 2.35. The first-order chi connectivity index (χ1) is 7.23. The van der Waals surface area contributed by atoms with E-state index in [4.69, 9.17) is 5.73 Å². The van der Waals surface area contributed by atoms with Crippen molar-refractivity contribution in [2.24, 2.45) is 23.5 Å². The van der Waals surface area contributed by atoms with Gasteiger partial charge in [-0.05, 0) is 37.5 Å². The molecule has 1 aliphatic carbocycles. The van der Waals surface area contributed by atoms with Crippen LogP contribution in [0, 0.1) is 17.8 Å². The summed E-state index contributed by atoms with van der Waals surface area (Å²) in [6.07, 6.45) is 4.61. The average Bonchev–Trinajstić information content (AvgIpc) is 2.18. The fraction of sp³-hybridized carbons (Fsp3) is 1.00. The van der Waals surface area contributed by atoms with Crippen LogP contribution >= 0.6 is 0 Å². The highest BCUT2D eigenvalue weighted by molar-refractivity contribution is 7.91. The van der Waals surface area contributed by atoms with Gasteiger partial charge in [0.1, 0.15) is 0 Å². The van der Waals surface area contributed by atoms with Crippen molar-refractivity contribution in [3.63, 3.8) is 0 Å². The minimum absolute atomic E-state index is 0.204. The molecule has 0 saturated heterocycles. The lowest BCUT2D eigenvalue weighted by atomic mass is 9.73. The van der Waals surface area contributed by atoms with Crippen LogP contribution in [0.3, 0.4) is 0 Å². The third kappa shape index (κ3) is 3.20. The first-order valence-corrected chi connectivity index (χ1v) is 8.13. The Kier molecular flexibility index (Phi) is 4.41. The zero-order valence-corrected chi connectivity index (χ0v) is 11.6. The van der Waals surface area contributed by atoms with Crippen molar-refractivity contribution in [2.45, 2.75) is 51.3 Å². The molecule has 1 aliphatic rings. The van der Waals surface area contributed by atoms with Crippen molar-refractivity contribution in [2.75, 3.05) is 6.26 Å². The normalized spacial score (nSPS) is 35.7. The van der Waals surface area contributed by atoms with Crippen LogP contribution in [0.5, 0.6) is 0 Å². The van der Waals surface area contributed by atoms with Crippen molar-refractivity contribution >= 4 is 9.84 Å². The molecule has 1 saturated carbocycles. The first kappa shape index (κ1) is 14.0. The number of sulfone groups is 1. The van der Waals surface area contributed by atoms with Crippen LogP contribution in [-0.4, -0.2) is 26.0 Å². The van der Waals surface area contributed by atoms with E-state index in [1.54, 1.807) is 6.92 Å². The van der Waals surface area contributed by atoms with E-state index in [9.17, 15) is 8.42 Å². The van der Waals surface area contributed by atoms with Crippen LogP contribution in [-0.2, 0) is 9.84 Å². The van der Waals surface area contributed by atoms with Gasteiger partial charge in [-0.25, -0.2) is 8.42 Å². The largest absolute Gasteiger partial charge is 0.326 e. The fourth-order valence-electron chi connectivity index (χ4n) is 2.61. The number of rotatable bonds is 3. The van der Waals surface area contributed by atoms with Crippen LogP contribution in [0.15, 0.2) is 0 Å². The van der Waals surface area contributed by atoms with E-state index >= 15 is 0 Å². The molecule has 0 bridgehead atoms. The Morgan fingerprint density at radius 2 is 1.75 bits per heavy atom. The topological polar surface area (TPSA) is 60.2 Å². The Bertz CT molecular complexity index is 326. The summed E-state index contributed by atoms with van der Waals surface area (Å²) in [5, 5.41) is -0.418. The Balaban J connectivity index is 2.65. The Labute approximate surface area is 99.7 Å². The van der Waals surface area contributed by atoms with Gasteiger partial charge in [0.25, 0.3) is 0 Å². The van der Waals surface area contributed by atoms with Crippen molar-refractivity contribution < 1.29 is 8.42 Å². The summed E-state index contributed by atoms with van der Waals surface area (Å²) in [4.78, 5) is 0. The second kappa shape index (κ2) is 5.05. The third-order valence-corrected chi connectivity index (χ3v) is 6.07. The van der Waals surface area contributed by atoms with Gasteiger partial charge in [-0.2, -0.15) is 0 Å². The first-order valence-electron chi connectivity index (χ1n) is 6.18. The van der Waals surface area contributed by atoms with Crippen LogP contribution in [0.2, 0.25) is 0 Å². The molecule has 5 unspecified atom stereocenters. The second-order valence-corrected chi connectivity index (χ2v) is 8.04. The molecule has 0 aromatic carbocycles. The van der Waals surface area contributed by atoms with Gasteiger partial charge in [0.15, 0.2) is 9.84 Å². The summed E-state index contributed by atoms with van der Waals surface area (Å²) < 4.78 is 23.0. The molecule has 0 radical (unpaired) electrons. The number of nitrogens with two attached hydrogens (primary N) is 1. The van der Waals surface area contributed by atoms with Gasteiger partial charge in [0, 0.05) is 12.3 Å². The monoisotopic (exact) mass is 247 g/mol. The standard InChI is InChI=1S/C12H25NO2S/c1-8-5-6-11(7-9(8)2)12(13)10(3)16(4,14)15/h8-12H,5-7,13H2,1-4H3. The Hall–Kier alpha value is -0.0900. The van der Waals surface area contributed by atoms with Gasteiger partial charge in [0.05, 0.1) is 5.25 Å². The van der Waals surface area contributed by atoms with Gasteiger partial charge in [-0.3, -0.25) is 0 Å². The predicted molar refractivity (Wildman–Crippen MR) is 68.0 cm³/mol. The summed E-state index contributed by atoms with van der Waals surface area (Å²) in [6, 6.07) is -0.204. The molecule has 2 N–H and O–H groups in total. The summed E-state index contributed by atoms with van der Waals surface area (Å²) in [5.74, 6) is 1.78. The molecule has 0 aliphatic heterocycles. The van der Waals surface area contributed by atoms with Crippen LogP contribution < -0.4 is 5.73 Å². The van der Waals surface area contributed by atoms with Crippen molar-refractivity contribution in [1.29, 1.82) is 0 Å². The number of hydrogen-bond acceptors (Lipinski definition) is 3. The molecular formula is C12H25NO2S. The smallest absolute Gasteiger partial charge is 0.151 e. The lowest BCUT2D eigenvalue weighted by molar-refractivity contribution is 0.184. The van der Waals surface area contributed by atoms with Gasteiger partial charge in [-0.15, -0.1) is 0 Å². The molecule has 0 spiro atoms. The van der Waals surface area contributed by atoms with Gasteiger partial charge < -0.3 is 5.73 Å². The lowest BCUT2D eigenvalue weighted by Crippen LogP contribution is -2.45. The van der Waals surface area contributed by atoms with Gasteiger partial charge in [-0.1, -0.05) is 20.3 Å². The van der Waals surface area contributed by atoms with Gasteiger partial charge >= 0.3 is 0 Å². The molecule has 0 aromatic rings. The maximum atomic E-state index is 11.5. The maximum absolute atomic E-state index is 11.5. The van der Waals surface area contributed by atoms with E-state index in [0.717, 1.165) is 18.8 Å². The van der Waals surface area contributed by atoms with Crippen molar-refractivity contribution in [1.82, 2.24) is 0 Å². The van der Waals surface area contributed by atoms with Gasteiger partial charge in [0.2, 0.25) is 0 Å². The summed E-state index contributed by atoms with van der Waals surface area (Å²) >= 11 is 0. The molecule has 0 amide bonds. The SMILES string of the molecule is CC1CCC(C(N)C(C)S(C)(=O)=O)CC1C.